The summed E-state index contributed by atoms with van der Waals surface area (Å²) >= 11 is 14.6. The highest BCUT2D eigenvalue weighted by Gasteiger charge is 2.88. The zero-order chi connectivity index (χ0) is 81.7. The van der Waals surface area contributed by atoms with Crippen LogP contribution in [0.25, 0.3) is 0 Å². The van der Waals surface area contributed by atoms with Crippen LogP contribution in [0.5, 0.6) is 0 Å². The van der Waals surface area contributed by atoms with Crippen molar-refractivity contribution in [1.82, 2.24) is 0 Å². The van der Waals surface area contributed by atoms with E-state index in [1.54, 1.807) is 0 Å². The molecule has 100 heavy (non-hydrogen) atoms. The van der Waals surface area contributed by atoms with Crippen molar-refractivity contribution in [2.24, 2.45) is 0 Å². The summed E-state index contributed by atoms with van der Waals surface area (Å²) in [6.07, 6.45) is -42.2. The molecular formula is C48H54Cl3F43O6. The molecule has 0 aliphatic carbocycles. The van der Waals surface area contributed by atoms with Gasteiger partial charge in [-0.3, -0.25) is 23.7 Å². The zero-order valence-corrected chi connectivity index (χ0v) is 53.6. The Kier molecular flexibility index (Phi) is 29.9. The molecule has 6 nitrogen and oxygen atoms in total. The molecule has 0 saturated carbocycles. The molecule has 0 radical (unpaired) electrons. The molecule has 0 bridgehead atoms. The van der Waals surface area contributed by atoms with Crippen LogP contribution in [0.4, 0.5) is 189 Å². The Morgan fingerprint density at radius 1 is 0.310 bits per heavy atom. The van der Waals surface area contributed by atoms with Gasteiger partial charge >= 0.3 is 89.7 Å². The fourth-order valence-corrected chi connectivity index (χ4v) is 9.33. The SMILES string of the molecule is CCC1(F)CC(F)(C(C)(F)F)OC(Cl)(Cl)C1(F)F.CCC1(F)CC(F)(C(C)(F)F)OC(F)(C(F)(F)F)C1(F)F.CCC1(F)CC(F)(C(C)(F)F)OC(F)(Cl)C1(F)F.CCC1(F)CC(F)(F)OC(F)(C(C)(F)F)C1.CCC1(F)CC(F)(F)OC(F)(C(C)(F)F)C1.FC(F)(F)F.FOC(F)(F)F. The maximum Gasteiger partial charge on any atom is 0.559 e. The van der Waals surface area contributed by atoms with E-state index in [1.807, 2.05) is 0 Å². The summed E-state index contributed by atoms with van der Waals surface area (Å²) in [5.74, 6) is -64.6. The lowest BCUT2D eigenvalue weighted by Gasteiger charge is -2.51. The van der Waals surface area contributed by atoms with Gasteiger partial charge in [0.05, 0.1) is 32.1 Å². The van der Waals surface area contributed by atoms with E-state index in [4.69, 9.17) is 23.2 Å². The van der Waals surface area contributed by atoms with E-state index in [-0.39, 0.29) is 34.6 Å². The van der Waals surface area contributed by atoms with E-state index in [1.165, 1.54) is 18.8 Å². The van der Waals surface area contributed by atoms with Crippen LogP contribution in [0.2, 0.25) is 0 Å². The van der Waals surface area contributed by atoms with Crippen molar-refractivity contribution < 1.29 is 218 Å². The Morgan fingerprint density at radius 2 is 0.530 bits per heavy atom. The quantitative estimate of drug-likeness (QED) is 0.160. The van der Waals surface area contributed by atoms with E-state index in [0.717, 1.165) is 13.8 Å². The van der Waals surface area contributed by atoms with Gasteiger partial charge in [-0.15, -0.1) is 30.7 Å². The van der Waals surface area contributed by atoms with E-state index in [2.05, 4.69) is 35.3 Å². The van der Waals surface area contributed by atoms with Crippen molar-refractivity contribution in [1.29, 1.82) is 0 Å². The number of ether oxygens (including phenoxy) is 5. The Bertz CT molecular complexity index is 2490. The van der Waals surface area contributed by atoms with Crippen LogP contribution in [-0.2, 0) is 28.6 Å². The lowest BCUT2D eigenvalue weighted by Crippen LogP contribution is -2.75. The van der Waals surface area contributed by atoms with Gasteiger partial charge in [0.2, 0.25) is 0 Å². The highest BCUT2D eigenvalue weighted by atomic mass is 35.5. The average molecular weight is 1650 g/mol. The van der Waals surface area contributed by atoms with E-state index < -0.39 is 229 Å². The highest BCUT2D eigenvalue weighted by Crippen LogP contribution is 2.66. The molecule has 5 aliphatic rings. The first-order valence-corrected chi connectivity index (χ1v) is 27.8. The molecule has 12 atom stereocenters. The standard InChI is InChI=1S/C10H10F10O.C9H10Cl2F6O.C9H10ClF7O.2C9H12F6O.CF4O.CF4/c1-3-6(13)4-7(14,5(2,11)12)21-9(17,8(6,15)16)10(18,19)20;1-3-6(14)4-7(15,5(2,12)13)18-9(10,11)8(6,16)17;1-3-6(13)4-7(14,5(2,11)12)18-9(10,17)8(6,15)16;2*1-3-7(12)4-8(13,6(2,10)11)16-9(14,15)5-7;2-1(3,4)6-5;2-1(3,4)5/h3-4H2,1-2H3;2*3-4H2,1-2H3;2*3-5H2,1-2H3;;. The largest absolute Gasteiger partial charge is 0.559 e. The lowest BCUT2D eigenvalue weighted by molar-refractivity contribution is -0.502. The van der Waals surface area contributed by atoms with Gasteiger partial charge in [-0.1, -0.05) is 62.8 Å². The minimum atomic E-state index is -6.63. The molecular weight excluding hydrogens is 1600 g/mol. The van der Waals surface area contributed by atoms with Crippen molar-refractivity contribution in [2.45, 2.75) is 298 Å². The molecule has 604 valence electrons. The van der Waals surface area contributed by atoms with E-state index >= 15 is 0 Å². The van der Waals surface area contributed by atoms with Crippen molar-refractivity contribution in [2.75, 3.05) is 0 Å². The number of alkyl halides is 45. The molecule has 5 aliphatic heterocycles. The van der Waals surface area contributed by atoms with Crippen LogP contribution in [0, 0.1) is 0 Å². The van der Waals surface area contributed by atoms with Gasteiger partial charge in [-0.2, -0.15) is 65.9 Å². The van der Waals surface area contributed by atoms with Gasteiger partial charge in [0.25, 0.3) is 33.8 Å². The van der Waals surface area contributed by atoms with Crippen LogP contribution < -0.4 is 0 Å². The molecule has 52 heteroatoms. The smallest absolute Gasteiger partial charge is 0.299 e. The molecule has 0 aromatic rings. The molecule has 5 saturated heterocycles. The Balaban J connectivity index is 0. The van der Waals surface area contributed by atoms with Gasteiger partial charge in [0.15, 0.2) is 17.0 Å². The maximum atomic E-state index is 14.0. The predicted molar refractivity (Wildman–Crippen MR) is 255 cm³/mol. The summed E-state index contributed by atoms with van der Waals surface area (Å²) in [6, 6.07) is 0. The molecule has 0 aromatic heterocycles. The van der Waals surface area contributed by atoms with Crippen LogP contribution in [0.15, 0.2) is 0 Å². The molecule has 0 N–H and O–H groups in total. The molecule has 5 rings (SSSR count). The zero-order valence-electron chi connectivity index (χ0n) is 51.3. The van der Waals surface area contributed by atoms with Crippen molar-refractivity contribution in [3.8, 4) is 0 Å². The second-order valence-electron chi connectivity index (χ2n) is 22.9. The second-order valence-corrected chi connectivity index (χ2v) is 24.6. The lowest BCUT2D eigenvalue weighted by atomic mass is 9.79. The third kappa shape index (κ3) is 22.4. The first-order valence-electron chi connectivity index (χ1n) is 26.7. The number of rotatable bonds is 10. The second kappa shape index (κ2) is 30.0. The minimum Gasteiger partial charge on any atom is -0.299 e. The van der Waals surface area contributed by atoms with Gasteiger partial charge in [-0.05, 0) is 48.2 Å². The summed E-state index contributed by atoms with van der Waals surface area (Å²) < 4.78 is 556. The highest BCUT2D eigenvalue weighted by molar-refractivity contribution is 6.48. The molecule has 0 amide bonds. The summed E-state index contributed by atoms with van der Waals surface area (Å²) in [6.45, 7) is 4.57. The Labute approximate surface area is 550 Å². The monoisotopic (exact) mass is 1650 g/mol. The fourth-order valence-electron chi connectivity index (χ4n) is 8.45. The number of halogens is 46. The fraction of sp³-hybridized carbons (Fsp3) is 1.00. The molecule has 0 spiro atoms. The average Bonchev–Trinajstić information content (AvgIpc) is 0.708. The predicted octanol–water partition coefficient (Wildman–Crippen LogP) is 24.2. The number of hydrogen-bond acceptors (Lipinski definition) is 6. The van der Waals surface area contributed by atoms with E-state index in [9.17, 15) is 189 Å². The summed E-state index contributed by atoms with van der Waals surface area (Å²) in [7, 11) is 0. The van der Waals surface area contributed by atoms with Crippen LogP contribution in [0.1, 0.15) is 146 Å². The summed E-state index contributed by atoms with van der Waals surface area (Å²) in [5.41, 5.74) is -17.4. The Morgan fingerprint density at radius 3 is 0.750 bits per heavy atom. The minimum absolute atomic E-state index is 0.0422. The third-order valence-electron chi connectivity index (χ3n) is 14.7. The number of hydrogen-bond donors (Lipinski definition) is 0. The van der Waals surface area contributed by atoms with Crippen molar-refractivity contribution >= 4 is 34.8 Å². The first-order chi connectivity index (χ1) is 42.8. The molecule has 5 fully saturated rings. The Hall–Kier alpha value is -2.38. The topological polar surface area (TPSA) is 55.4 Å². The normalized spacial score (nSPS) is 37.9. The summed E-state index contributed by atoms with van der Waals surface area (Å²) in [5, 5.41) is -4.69. The van der Waals surface area contributed by atoms with Crippen molar-refractivity contribution in [3.05, 3.63) is 0 Å². The van der Waals surface area contributed by atoms with Gasteiger partial charge in [0.1, 0.15) is 11.3 Å². The molecule has 12 unspecified atom stereocenters. The van der Waals surface area contributed by atoms with Gasteiger partial charge in [-0.25, -0.2) is 87.8 Å². The van der Waals surface area contributed by atoms with E-state index in [0.29, 0.717) is 6.92 Å². The van der Waals surface area contributed by atoms with Crippen LogP contribution >= 0.6 is 34.8 Å². The van der Waals surface area contributed by atoms with Crippen LogP contribution in [0.3, 0.4) is 0 Å². The third-order valence-corrected chi connectivity index (χ3v) is 15.6. The first kappa shape index (κ1) is 99.7. The maximum absolute atomic E-state index is 14.0. The van der Waals surface area contributed by atoms with Gasteiger partial charge < -0.3 is 0 Å². The van der Waals surface area contributed by atoms with Gasteiger partial charge in [0, 0.05) is 47.5 Å². The molecule has 5 heterocycles. The van der Waals surface area contributed by atoms with Crippen LogP contribution in [-0.4, -0.2) is 152 Å². The summed E-state index contributed by atoms with van der Waals surface area (Å²) in [4.78, 5) is 1.44. The molecule has 0 aromatic carbocycles. The van der Waals surface area contributed by atoms with Crippen molar-refractivity contribution in [3.63, 3.8) is 0 Å².